The topological polar surface area (TPSA) is 50.8 Å². The van der Waals surface area contributed by atoms with E-state index < -0.39 is 0 Å². The van der Waals surface area contributed by atoms with Gasteiger partial charge in [0, 0.05) is 23.2 Å². The predicted molar refractivity (Wildman–Crippen MR) is 114 cm³/mol. The number of ketones is 1. The van der Waals surface area contributed by atoms with E-state index in [1.54, 1.807) is 32.4 Å². The molecule has 0 saturated carbocycles. The van der Waals surface area contributed by atoms with E-state index in [1.807, 2.05) is 24.3 Å². The molecule has 6 heteroatoms. The Balaban J connectivity index is 2.05. The second kappa shape index (κ2) is 11.1. The summed E-state index contributed by atoms with van der Waals surface area (Å²) in [5.74, 6) is 1.17. The van der Waals surface area contributed by atoms with Crippen LogP contribution in [0, 0.1) is 0 Å². The minimum absolute atomic E-state index is 0.00959. The molecule has 0 bridgehead atoms. The lowest BCUT2D eigenvalue weighted by Crippen LogP contribution is -2.37. The van der Waals surface area contributed by atoms with Crippen molar-refractivity contribution in [3.63, 3.8) is 0 Å². The molecule has 0 aliphatic carbocycles. The summed E-state index contributed by atoms with van der Waals surface area (Å²) < 4.78 is 10.5. The normalized spacial score (nSPS) is 12.1. The quantitative estimate of drug-likeness (QED) is 0.568. The first-order valence-electron chi connectivity index (χ1n) is 9.49. The molecule has 2 rings (SSSR count). The van der Waals surface area contributed by atoms with Gasteiger partial charge in [0.1, 0.15) is 0 Å². The number of carbonyl (C=O) groups is 1. The Labute approximate surface area is 172 Å². The van der Waals surface area contributed by atoms with E-state index in [-0.39, 0.29) is 18.4 Å². The lowest BCUT2D eigenvalue weighted by atomic mass is 10.0. The van der Waals surface area contributed by atoms with E-state index in [4.69, 9.17) is 21.1 Å². The molecule has 0 spiro atoms. The van der Waals surface area contributed by atoms with Crippen molar-refractivity contribution in [2.24, 2.45) is 0 Å². The minimum atomic E-state index is 0.00959. The summed E-state index contributed by atoms with van der Waals surface area (Å²) in [6.07, 6.45) is 0. The van der Waals surface area contributed by atoms with Crippen molar-refractivity contribution in [1.82, 2.24) is 10.2 Å². The number of likely N-dealkylation sites (N-methyl/N-ethyl adjacent to an activating group) is 1. The molecule has 28 heavy (non-hydrogen) atoms. The molecule has 1 atom stereocenters. The number of nitrogens with zero attached hydrogens (tertiary/aromatic N) is 1. The van der Waals surface area contributed by atoms with Crippen LogP contribution in [0.4, 0.5) is 0 Å². The Morgan fingerprint density at radius 1 is 1.04 bits per heavy atom. The number of rotatable bonds is 11. The van der Waals surface area contributed by atoms with Crippen molar-refractivity contribution >= 4 is 17.4 Å². The molecule has 0 fully saturated rings. The number of hydrogen-bond acceptors (Lipinski definition) is 5. The molecule has 0 heterocycles. The molecule has 0 saturated heterocycles. The molecule has 0 radical (unpaired) electrons. The van der Waals surface area contributed by atoms with Gasteiger partial charge >= 0.3 is 0 Å². The van der Waals surface area contributed by atoms with Crippen molar-refractivity contribution in [3.05, 3.63) is 58.6 Å². The Hall–Kier alpha value is -2.08. The SMILES string of the molecule is CCN(CC)C(CNCC(=O)c1ccc(OC)c(OC)c1)c1ccc(Cl)cc1. The van der Waals surface area contributed by atoms with E-state index in [1.165, 1.54) is 5.56 Å². The summed E-state index contributed by atoms with van der Waals surface area (Å²) in [5.41, 5.74) is 1.77. The molecule has 0 aromatic heterocycles. The number of hydrogen-bond donors (Lipinski definition) is 1. The zero-order chi connectivity index (χ0) is 20.5. The smallest absolute Gasteiger partial charge is 0.176 e. The molecule has 1 N–H and O–H groups in total. The second-order valence-electron chi connectivity index (χ2n) is 6.41. The highest BCUT2D eigenvalue weighted by Gasteiger charge is 2.18. The van der Waals surface area contributed by atoms with Crippen molar-refractivity contribution in [3.8, 4) is 11.5 Å². The molecule has 152 valence electrons. The molecule has 0 aliphatic heterocycles. The van der Waals surface area contributed by atoms with Crippen molar-refractivity contribution < 1.29 is 14.3 Å². The average Bonchev–Trinajstić information content (AvgIpc) is 2.73. The zero-order valence-electron chi connectivity index (χ0n) is 17.0. The molecule has 0 aliphatic rings. The van der Waals surface area contributed by atoms with Gasteiger partial charge in [0.15, 0.2) is 17.3 Å². The van der Waals surface area contributed by atoms with Crippen LogP contribution in [-0.4, -0.2) is 51.1 Å². The van der Waals surface area contributed by atoms with Gasteiger partial charge in [0.2, 0.25) is 0 Å². The third kappa shape index (κ3) is 5.71. The van der Waals surface area contributed by atoms with Crippen LogP contribution in [0.2, 0.25) is 5.02 Å². The average molecular weight is 405 g/mol. The first kappa shape index (κ1) is 22.2. The summed E-state index contributed by atoms with van der Waals surface area (Å²) in [7, 11) is 3.14. The van der Waals surface area contributed by atoms with Gasteiger partial charge in [-0.25, -0.2) is 0 Å². The van der Waals surface area contributed by atoms with Crippen LogP contribution in [0.3, 0.4) is 0 Å². The maximum atomic E-state index is 12.6. The maximum absolute atomic E-state index is 12.6. The Kier molecular flexibility index (Phi) is 8.77. The standard InChI is InChI=1S/C22H29ClN2O3/c1-5-25(6-2)19(16-7-10-18(23)11-8-16)14-24-15-20(26)17-9-12-21(27-3)22(13-17)28-4/h7-13,19,24H,5-6,14-15H2,1-4H3. The van der Waals surface area contributed by atoms with Crippen LogP contribution < -0.4 is 14.8 Å². The van der Waals surface area contributed by atoms with E-state index in [2.05, 4.69) is 24.1 Å². The third-order valence-electron chi connectivity index (χ3n) is 4.84. The summed E-state index contributed by atoms with van der Waals surface area (Å²) in [4.78, 5) is 15.0. The van der Waals surface area contributed by atoms with Gasteiger partial charge in [-0.15, -0.1) is 0 Å². The highest BCUT2D eigenvalue weighted by molar-refractivity contribution is 6.30. The second-order valence-corrected chi connectivity index (χ2v) is 6.85. The van der Waals surface area contributed by atoms with Gasteiger partial charge in [-0.1, -0.05) is 37.6 Å². The number of benzene rings is 2. The van der Waals surface area contributed by atoms with Crippen molar-refractivity contribution in [1.29, 1.82) is 0 Å². The number of halogens is 1. The lowest BCUT2D eigenvalue weighted by molar-refractivity contribution is 0.0986. The van der Waals surface area contributed by atoms with Gasteiger partial charge in [0.25, 0.3) is 0 Å². The number of carbonyl (C=O) groups excluding carboxylic acids is 1. The first-order valence-corrected chi connectivity index (χ1v) is 9.87. The van der Waals surface area contributed by atoms with Crippen LogP contribution in [0.1, 0.15) is 35.8 Å². The fraction of sp³-hybridized carbons (Fsp3) is 0.409. The Bertz CT molecular complexity index is 761. The van der Waals surface area contributed by atoms with E-state index in [9.17, 15) is 4.79 Å². The molecule has 0 amide bonds. The van der Waals surface area contributed by atoms with Crippen LogP contribution >= 0.6 is 11.6 Å². The van der Waals surface area contributed by atoms with Crippen molar-refractivity contribution in [2.75, 3.05) is 40.4 Å². The number of methoxy groups -OCH3 is 2. The van der Waals surface area contributed by atoms with Gasteiger partial charge in [-0.05, 0) is 49.0 Å². The molecule has 2 aromatic carbocycles. The summed E-state index contributed by atoms with van der Waals surface area (Å²) in [6, 6.07) is 13.3. The number of Topliss-reactive ketones (excluding diaryl/α,β-unsaturated/α-hetero) is 1. The molecular formula is C22H29ClN2O3. The highest BCUT2D eigenvalue weighted by atomic mass is 35.5. The van der Waals surface area contributed by atoms with Crippen molar-refractivity contribution in [2.45, 2.75) is 19.9 Å². The monoisotopic (exact) mass is 404 g/mol. The molecular weight excluding hydrogens is 376 g/mol. The van der Waals surface area contributed by atoms with E-state index in [0.717, 1.165) is 18.1 Å². The van der Waals surface area contributed by atoms with Crippen LogP contribution in [0.15, 0.2) is 42.5 Å². The van der Waals surface area contributed by atoms with Gasteiger partial charge in [-0.3, -0.25) is 9.69 Å². The highest BCUT2D eigenvalue weighted by Crippen LogP contribution is 2.27. The molecule has 5 nitrogen and oxygen atoms in total. The molecule has 2 aromatic rings. The maximum Gasteiger partial charge on any atom is 0.176 e. The van der Waals surface area contributed by atoms with E-state index >= 15 is 0 Å². The van der Waals surface area contributed by atoms with Gasteiger partial charge in [0.05, 0.1) is 20.8 Å². The Morgan fingerprint density at radius 2 is 1.68 bits per heavy atom. The molecule has 1 unspecified atom stereocenters. The largest absolute Gasteiger partial charge is 0.493 e. The van der Waals surface area contributed by atoms with E-state index in [0.29, 0.717) is 23.6 Å². The minimum Gasteiger partial charge on any atom is -0.493 e. The fourth-order valence-corrected chi connectivity index (χ4v) is 3.37. The Morgan fingerprint density at radius 3 is 2.25 bits per heavy atom. The van der Waals surface area contributed by atoms with Gasteiger partial charge < -0.3 is 14.8 Å². The first-order chi connectivity index (χ1) is 13.5. The predicted octanol–water partition coefficient (Wildman–Crippen LogP) is 4.21. The summed E-state index contributed by atoms with van der Waals surface area (Å²) in [6.45, 7) is 7.05. The van der Waals surface area contributed by atoms with Crippen LogP contribution in [0.25, 0.3) is 0 Å². The number of nitrogens with one attached hydrogen (secondary N) is 1. The summed E-state index contributed by atoms with van der Waals surface area (Å²) in [5, 5.41) is 4.04. The summed E-state index contributed by atoms with van der Waals surface area (Å²) >= 11 is 6.03. The third-order valence-corrected chi connectivity index (χ3v) is 5.09. The number of ether oxygens (including phenoxy) is 2. The zero-order valence-corrected chi connectivity index (χ0v) is 17.8. The van der Waals surface area contributed by atoms with Gasteiger partial charge in [-0.2, -0.15) is 0 Å². The van der Waals surface area contributed by atoms with Crippen LogP contribution in [0.5, 0.6) is 11.5 Å². The fourth-order valence-electron chi connectivity index (χ4n) is 3.24. The van der Waals surface area contributed by atoms with Crippen LogP contribution in [-0.2, 0) is 0 Å². The lowest BCUT2D eigenvalue weighted by Gasteiger charge is -2.30.